The summed E-state index contributed by atoms with van der Waals surface area (Å²) in [6, 6.07) is 16.1. The van der Waals surface area contributed by atoms with Gasteiger partial charge in [0.15, 0.2) is 5.54 Å². The number of hydrogen-bond acceptors (Lipinski definition) is 5. The number of carboxylic acid groups (broad SMARTS) is 1. The monoisotopic (exact) mass is 480 g/mol. The van der Waals surface area contributed by atoms with Crippen molar-refractivity contribution in [1.82, 2.24) is 10.6 Å². The molecule has 0 radical (unpaired) electrons. The first-order valence-corrected chi connectivity index (χ1v) is 11.9. The highest BCUT2D eigenvalue weighted by atomic mass is 16.5. The highest BCUT2D eigenvalue weighted by Gasteiger charge is 2.52. The molecule has 0 heterocycles. The van der Waals surface area contributed by atoms with Gasteiger partial charge in [-0.25, -0.2) is 9.59 Å². The van der Waals surface area contributed by atoms with Crippen molar-refractivity contribution in [3.05, 3.63) is 59.7 Å². The van der Waals surface area contributed by atoms with Gasteiger partial charge in [-0.1, -0.05) is 55.5 Å². The number of rotatable bonds is 10. The summed E-state index contributed by atoms with van der Waals surface area (Å²) in [5.74, 6) is -1.95. The number of hydrogen-bond donors (Lipinski definition) is 3. The molecular weight excluding hydrogens is 448 g/mol. The zero-order chi connectivity index (χ0) is 25.2. The second-order valence-corrected chi connectivity index (χ2v) is 9.56. The van der Waals surface area contributed by atoms with Crippen molar-refractivity contribution in [2.75, 3.05) is 20.3 Å². The predicted octanol–water partition coefficient (Wildman–Crippen LogP) is 3.69. The van der Waals surface area contributed by atoms with Gasteiger partial charge in [0, 0.05) is 13.0 Å². The lowest BCUT2D eigenvalue weighted by Crippen LogP contribution is -2.66. The number of carbonyl (C=O) groups is 3. The van der Waals surface area contributed by atoms with Crippen molar-refractivity contribution < 1.29 is 29.0 Å². The number of carbonyl (C=O) groups excluding carboxylic acids is 2. The molecule has 2 aliphatic rings. The van der Waals surface area contributed by atoms with Crippen LogP contribution in [-0.2, 0) is 19.1 Å². The van der Waals surface area contributed by atoms with E-state index in [-0.39, 0.29) is 31.5 Å². The average molecular weight is 481 g/mol. The molecule has 8 heteroatoms. The second-order valence-electron chi connectivity index (χ2n) is 9.56. The molecule has 0 saturated heterocycles. The van der Waals surface area contributed by atoms with Gasteiger partial charge in [-0.2, -0.15) is 0 Å². The fourth-order valence-electron chi connectivity index (χ4n) is 4.94. The molecule has 0 aliphatic heterocycles. The van der Waals surface area contributed by atoms with E-state index in [1.165, 1.54) is 7.11 Å². The Kier molecular flexibility index (Phi) is 6.85. The molecule has 186 valence electrons. The van der Waals surface area contributed by atoms with E-state index >= 15 is 0 Å². The zero-order valence-electron chi connectivity index (χ0n) is 20.3. The Hall–Kier alpha value is -3.39. The van der Waals surface area contributed by atoms with Gasteiger partial charge in [-0.3, -0.25) is 4.79 Å². The number of methoxy groups -OCH3 is 1. The standard InChI is InChI=1S/C27H32N2O6/c1-4-27(16-34-3,24(31)32)28-23(30)26(2,17-13-14-17)29-25(33)35-15-22-20-11-7-5-9-18(20)19-10-6-8-12-21(19)22/h5-12,17,22H,4,13-16H2,1-3H3,(H,28,30)(H,29,33)(H,31,32). The third kappa shape index (κ3) is 4.62. The van der Waals surface area contributed by atoms with Crippen molar-refractivity contribution in [1.29, 1.82) is 0 Å². The van der Waals surface area contributed by atoms with Crippen LogP contribution in [0.25, 0.3) is 11.1 Å². The van der Waals surface area contributed by atoms with Gasteiger partial charge in [0.2, 0.25) is 5.91 Å². The summed E-state index contributed by atoms with van der Waals surface area (Å²) < 4.78 is 10.7. The Bertz CT molecular complexity index is 1080. The van der Waals surface area contributed by atoms with Gasteiger partial charge < -0.3 is 25.2 Å². The predicted molar refractivity (Wildman–Crippen MR) is 130 cm³/mol. The van der Waals surface area contributed by atoms with Crippen LogP contribution >= 0.6 is 0 Å². The average Bonchev–Trinajstić information content (AvgIpc) is 3.66. The Balaban J connectivity index is 1.47. The molecule has 2 aromatic rings. The summed E-state index contributed by atoms with van der Waals surface area (Å²) in [5, 5.41) is 15.1. The summed E-state index contributed by atoms with van der Waals surface area (Å²) in [4.78, 5) is 38.2. The van der Waals surface area contributed by atoms with Gasteiger partial charge >= 0.3 is 12.1 Å². The van der Waals surface area contributed by atoms with Crippen molar-refractivity contribution >= 4 is 18.0 Å². The Morgan fingerprint density at radius 1 is 1.00 bits per heavy atom. The Morgan fingerprint density at radius 2 is 1.57 bits per heavy atom. The van der Waals surface area contributed by atoms with Crippen molar-refractivity contribution in [2.45, 2.75) is 50.1 Å². The van der Waals surface area contributed by atoms with Crippen LogP contribution in [0.3, 0.4) is 0 Å². The van der Waals surface area contributed by atoms with Crippen molar-refractivity contribution in [2.24, 2.45) is 5.92 Å². The minimum absolute atomic E-state index is 0.101. The van der Waals surface area contributed by atoms with Crippen LogP contribution in [0.2, 0.25) is 0 Å². The highest BCUT2D eigenvalue weighted by molar-refractivity contribution is 5.94. The molecule has 2 aromatic carbocycles. The molecule has 35 heavy (non-hydrogen) atoms. The van der Waals surface area contributed by atoms with Crippen LogP contribution in [0.4, 0.5) is 4.79 Å². The summed E-state index contributed by atoms with van der Waals surface area (Å²) in [6.07, 6.45) is 0.933. The molecule has 2 aliphatic carbocycles. The number of carboxylic acids is 1. The maximum atomic E-state index is 13.3. The number of alkyl carbamates (subject to hydrolysis) is 1. The largest absolute Gasteiger partial charge is 0.479 e. The second kappa shape index (κ2) is 9.70. The maximum absolute atomic E-state index is 13.3. The number of benzene rings is 2. The number of amides is 2. The van der Waals surface area contributed by atoms with E-state index in [1.807, 2.05) is 36.4 Å². The van der Waals surface area contributed by atoms with Crippen LogP contribution in [0.15, 0.2) is 48.5 Å². The van der Waals surface area contributed by atoms with Crippen LogP contribution in [0.5, 0.6) is 0 Å². The fourth-order valence-corrected chi connectivity index (χ4v) is 4.94. The molecule has 1 saturated carbocycles. The van der Waals surface area contributed by atoms with Crippen LogP contribution in [0, 0.1) is 5.92 Å². The van der Waals surface area contributed by atoms with Gasteiger partial charge in [-0.05, 0) is 54.4 Å². The number of ether oxygens (including phenoxy) is 2. The normalized spacial score (nSPS) is 17.9. The molecule has 0 spiro atoms. The molecule has 2 amide bonds. The first-order valence-electron chi connectivity index (χ1n) is 11.9. The van der Waals surface area contributed by atoms with E-state index in [4.69, 9.17) is 9.47 Å². The summed E-state index contributed by atoms with van der Waals surface area (Å²) in [6.45, 7) is 3.23. The number of nitrogens with one attached hydrogen (secondary N) is 2. The smallest absolute Gasteiger partial charge is 0.408 e. The summed E-state index contributed by atoms with van der Waals surface area (Å²) >= 11 is 0. The molecule has 8 nitrogen and oxygen atoms in total. The number of aliphatic carboxylic acids is 1. The lowest BCUT2D eigenvalue weighted by molar-refractivity contribution is -0.151. The van der Waals surface area contributed by atoms with Gasteiger partial charge in [0.25, 0.3) is 0 Å². The lowest BCUT2D eigenvalue weighted by Gasteiger charge is -2.35. The lowest BCUT2D eigenvalue weighted by atomic mass is 9.90. The van der Waals surface area contributed by atoms with E-state index in [9.17, 15) is 19.5 Å². The van der Waals surface area contributed by atoms with Crippen LogP contribution < -0.4 is 10.6 Å². The van der Waals surface area contributed by atoms with E-state index < -0.39 is 29.0 Å². The first-order chi connectivity index (χ1) is 16.8. The quantitative estimate of drug-likeness (QED) is 0.478. The molecule has 2 atom stereocenters. The Morgan fingerprint density at radius 3 is 2.06 bits per heavy atom. The molecule has 3 N–H and O–H groups in total. The summed E-state index contributed by atoms with van der Waals surface area (Å²) in [7, 11) is 1.38. The molecule has 4 rings (SSSR count). The minimum Gasteiger partial charge on any atom is -0.479 e. The van der Waals surface area contributed by atoms with Gasteiger partial charge in [0.05, 0.1) is 6.61 Å². The first kappa shape index (κ1) is 24.7. The fraction of sp³-hybridized carbons (Fsp3) is 0.444. The molecule has 2 unspecified atom stereocenters. The van der Waals surface area contributed by atoms with Crippen molar-refractivity contribution in [3.63, 3.8) is 0 Å². The topological polar surface area (TPSA) is 114 Å². The van der Waals surface area contributed by atoms with E-state index in [1.54, 1.807) is 13.8 Å². The Labute approximate surface area is 205 Å². The van der Waals surface area contributed by atoms with Crippen molar-refractivity contribution in [3.8, 4) is 11.1 Å². The molecule has 0 bridgehead atoms. The van der Waals surface area contributed by atoms with E-state index in [0.29, 0.717) is 0 Å². The molecule has 0 aromatic heterocycles. The third-order valence-corrected chi connectivity index (χ3v) is 7.33. The van der Waals surface area contributed by atoms with Gasteiger partial charge in [0.1, 0.15) is 12.1 Å². The van der Waals surface area contributed by atoms with Crippen LogP contribution in [0.1, 0.15) is 50.2 Å². The van der Waals surface area contributed by atoms with E-state index in [2.05, 4.69) is 22.8 Å². The number of fused-ring (bicyclic) bond motifs is 3. The van der Waals surface area contributed by atoms with Crippen LogP contribution in [-0.4, -0.2) is 54.5 Å². The maximum Gasteiger partial charge on any atom is 0.408 e. The minimum atomic E-state index is -1.58. The highest BCUT2D eigenvalue weighted by Crippen LogP contribution is 2.44. The zero-order valence-corrected chi connectivity index (χ0v) is 20.3. The molecular formula is C27H32N2O6. The third-order valence-electron chi connectivity index (χ3n) is 7.33. The van der Waals surface area contributed by atoms with E-state index in [0.717, 1.165) is 35.1 Å². The SMILES string of the molecule is CCC(COC)(NC(=O)C(C)(NC(=O)OCC1c2ccccc2-c2ccccc21)C1CC1)C(=O)O. The van der Waals surface area contributed by atoms with Gasteiger partial charge in [-0.15, -0.1) is 0 Å². The summed E-state index contributed by atoms with van der Waals surface area (Å²) in [5.41, 5.74) is 1.57. The molecule has 1 fully saturated rings.